The van der Waals surface area contributed by atoms with Gasteiger partial charge >= 0.3 is 6.09 Å². The highest BCUT2D eigenvalue weighted by atomic mass is 19.1. The number of benzene rings is 2. The number of carboxylic acid groups (broad SMARTS) is 1. The second-order valence-corrected chi connectivity index (χ2v) is 4.76. The number of amides is 1. The predicted octanol–water partition coefficient (Wildman–Crippen LogP) is 2.97. The molecule has 2 aromatic rings. The zero-order valence-corrected chi connectivity index (χ0v) is 11.9. The summed E-state index contributed by atoms with van der Waals surface area (Å²) >= 11 is 0. The maximum absolute atomic E-state index is 13.0. The molecular formula is C16H17FN2O3. The molecule has 1 amide bonds. The molecule has 5 nitrogen and oxygen atoms in total. The van der Waals surface area contributed by atoms with Gasteiger partial charge < -0.3 is 20.5 Å². The summed E-state index contributed by atoms with van der Waals surface area (Å²) < 4.78 is 18.4. The Kier molecular flexibility index (Phi) is 5.19. The van der Waals surface area contributed by atoms with Crippen LogP contribution in [0.25, 0.3) is 0 Å². The quantitative estimate of drug-likeness (QED) is 0.804. The molecule has 22 heavy (non-hydrogen) atoms. The summed E-state index contributed by atoms with van der Waals surface area (Å²) in [6.45, 7) is 0.519. The van der Waals surface area contributed by atoms with Crippen molar-refractivity contribution < 1.29 is 19.0 Å². The highest BCUT2D eigenvalue weighted by Gasteiger charge is 2.12. The van der Waals surface area contributed by atoms with Crippen molar-refractivity contribution in [2.75, 3.05) is 18.9 Å². The van der Waals surface area contributed by atoms with Gasteiger partial charge in [-0.05, 0) is 29.8 Å². The molecule has 0 saturated carbocycles. The van der Waals surface area contributed by atoms with E-state index in [4.69, 9.17) is 10.5 Å². The zero-order chi connectivity index (χ0) is 15.9. The van der Waals surface area contributed by atoms with Gasteiger partial charge in [-0.2, -0.15) is 0 Å². The Bertz CT molecular complexity index is 649. The molecule has 2 rings (SSSR count). The SMILES string of the molecule is Nc1cccc(CN(CCOc2cccc(F)c2)C(=O)O)c1. The topological polar surface area (TPSA) is 75.8 Å². The van der Waals surface area contributed by atoms with Gasteiger partial charge in [0.15, 0.2) is 0 Å². The minimum absolute atomic E-state index is 0.137. The number of carbonyl (C=O) groups is 1. The second kappa shape index (κ2) is 7.31. The Morgan fingerprint density at radius 1 is 1.23 bits per heavy atom. The molecule has 0 fully saturated rings. The Morgan fingerprint density at radius 2 is 2.00 bits per heavy atom. The van der Waals surface area contributed by atoms with Gasteiger partial charge in [0.25, 0.3) is 0 Å². The molecule has 0 radical (unpaired) electrons. The van der Waals surface area contributed by atoms with Crippen LogP contribution in [0.5, 0.6) is 5.75 Å². The molecule has 0 aliphatic rings. The van der Waals surface area contributed by atoms with Crippen molar-refractivity contribution in [1.29, 1.82) is 0 Å². The second-order valence-electron chi connectivity index (χ2n) is 4.76. The summed E-state index contributed by atoms with van der Waals surface area (Å²) in [5, 5.41) is 9.22. The van der Waals surface area contributed by atoms with Crippen LogP contribution in [-0.2, 0) is 6.54 Å². The van der Waals surface area contributed by atoms with Gasteiger partial charge in [0.2, 0.25) is 0 Å². The van der Waals surface area contributed by atoms with Gasteiger partial charge in [-0.25, -0.2) is 9.18 Å². The fourth-order valence-electron chi connectivity index (χ4n) is 1.98. The highest BCUT2D eigenvalue weighted by molar-refractivity contribution is 5.65. The summed E-state index contributed by atoms with van der Waals surface area (Å²) in [5.41, 5.74) is 7.06. The van der Waals surface area contributed by atoms with Crippen molar-refractivity contribution in [2.45, 2.75) is 6.54 Å². The summed E-state index contributed by atoms with van der Waals surface area (Å²) in [5.74, 6) is -0.0263. The van der Waals surface area contributed by atoms with E-state index in [-0.39, 0.29) is 19.7 Å². The molecule has 0 bridgehead atoms. The van der Waals surface area contributed by atoms with Crippen molar-refractivity contribution in [3.63, 3.8) is 0 Å². The molecule has 0 atom stereocenters. The van der Waals surface area contributed by atoms with Crippen molar-refractivity contribution in [3.05, 3.63) is 59.9 Å². The number of rotatable bonds is 6. The Hall–Kier alpha value is -2.76. The number of hydrogen-bond acceptors (Lipinski definition) is 3. The van der Waals surface area contributed by atoms with Crippen LogP contribution in [0.15, 0.2) is 48.5 Å². The first-order chi connectivity index (χ1) is 10.5. The Labute approximate surface area is 127 Å². The van der Waals surface area contributed by atoms with Crippen molar-refractivity contribution in [1.82, 2.24) is 4.90 Å². The van der Waals surface area contributed by atoms with E-state index in [0.29, 0.717) is 11.4 Å². The number of nitrogens with two attached hydrogens (primary N) is 1. The van der Waals surface area contributed by atoms with E-state index in [1.807, 2.05) is 0 Å². The van der Waals surface area contributed by atoms with Gasteiger partial charge in [0.05, 0.1) is 6.54 Å². The number of halogens is 1. The van der Waals surface area contributed by atoms with E-state index in [1.54, 1.807) is 30.3 Å². The van der Waals surface area contributed by atoms with Crippen LogP contribution < -0.4 is 10.5 Å². The minimum atomic E-state index is -1.05. The maximum atomic E-state index is 13.0. The van der Waals surface area contributed by atoms with Crippen molar-refractivity contribution >= 4 is 11.8 Å². The maximum Gasteiger partial charge on any atom is 0.407 e. The van der Waals surface area contributed by atoms with Crippen LogP contribution >= 0.6 is 0 Å². The van der Waals surface area contributed by atoms with E-state index in [0.717, 1.165) is 5.56 Å². The molecular weight excluding hydrogens is 287 g/mol. The molecule has 0 aliphatic heterocycles. The number of ether oxygens (including phenoxy) is 1. The molecule has 0 saturated heterocycles. The standard InChI is InChI=1S/C16H17FN2O3/c17-13-4-2-6-15(10-13)22-8-7-19(16(20)21)11-12-3-1-5-14(18)9-12/h1-6,9-10H,7-8,11,18H2,(H,20,21). The molecule has 0 heterocycles. The number of hydrogen-bond donors (Lipinski definition) is 2. The lowest BCUT2D eigenvalue weighted by molar-refractivity contribution is 0.132. The molecule has 2 aromatic carbocycles. The van der Waals surface area contributed by atoms with E-state index < -0.39 is 11.9 Å². The summed E-state index contributed by atoms with van der Waals surface area (Å²) in [6, 6.07) is 12.8. The fourth-order valence-corrected chi connectivity index (χ4v) is 1.98. The zero-order valence-electron chi connectivity index (χ0n) is 11.9. The van der Waals surface area contributed by atoms with E-state index in [2.05, 4.69) is 0 Å². The van der Waals surface area contributed by atoms with Crippen LogP contribution in [0, 0.1) is 5.82 Å². The first-order valence-corrected chi connectivity index (χ1v) is 6.75. The molecule has 6 heteroatoms. The normalized spacial score (nSPS) is 10.2. The van der Waals surface area contributed by atoms with Gasteiger partial charge in [-0.1, -0.05) is 18.2 Å². The third-order valence-electron chi connectivity index (χ3n) is 3.02. The van der Waals surface area contributed by atoms with Gasteiger partial charge in [-0.15, -0.1) is 0 Å². The molecule has 0 unspecified atom stereocenters. The van der Waals surface area contributed by atoms with Crippen molar-refractivity contribution in [2.24, 2.45) is 0 Å². The largest absolute Gasteiger partial charge is 0.492 e. The molecule has 0 aromatic heterocycles. The first kappa shape index (κ1) is 15.6. The van der Waals surface area contributed by atoms with Crippen LogP contribution in [0.2, 0.25) is 0 Å². The predicted molar refractivity (Wildman–Crippen MR) is 81.2 cm³/mol. The van der Waals surface area contributed by atoms with Crippen molar-refractivity contribution in [3.8, 4) is 5.75 Å². The average molecular weight is 304 g/mol. The number of anilines is 1. The van der Waals surface area contributed by atoms with Gasteiger partial charge in [0, 0.05) is 18.3 Å². The smallest absolute Gasteiger partial charge is 0.407 e. The first-order valence-electron chi connectivity index (χ1n) is 6.75. The fraction of sp³-hybridized carbons (Fsp3) is 0.188. The number of nitrogen functional groups attached to an aromatic ring is 1. The molecule has 3 N–H and O–H groups in total. The monoisotopic (exact) mass is 304 g/mol. The third-order valence-corrected chi connectivity index (χ3v) is 3.02. The van der Waals surface area contributed by atoms with E-state index in [1.165, 1.54) is 23.1 Å². The van der Waals surface area contributed by atoms with E-state index in [9.17, 15) is 14.3 Å². The summed E-state index contributed by atoms with van der Waals surface area (Å²) in [7, 11) is 0. The number of nitrogens with zero attached hydrogens (tertiary/aromatic N) is 1. The minimum Gasteiger partial charge on any atom is -0.492 e. The summed E-state index contributed by atoms with van der Waals surface area (Å²) in [4.78, 5) is 12.5. The summed E-state index contributed by atoms with van der Waals surface area (Å²) in [6.07, 6.45) is -1.05. The van der Waals surface area contributed by atoms with Gasteiger partial charge in [-0.3, -0.25) is 0 Å². The van der Waals surface area contributed by atoms with Crippen LogP contribution in [0.3, 0.4) is 0 Å². The highest BCUT2D eigenvalue weighted by Crippen LogP contribution is 2.13. The lowest BCUT2D eigenvalue weighted by atomic mass is 10.2. The molecule has 116 valence electrons. The van der Waals surface area contributed by atoms with E-state index >= 15 is 0 Å². The lowest BCUT2D eigenvalue weighted by Gasteiger charge is -2.19. The van der Waals surface area contributed by atoms with Crippen LogP contribution in [-0.4, -0.2) is 29.3 Å². The van der Waals surface area contributed by atoms with Crippen LogP contribution in [0.4, 0.5) is 14.9 Å². The average Bonchev–Trinajstić information content (AvgIpc) is 2.46. The molecule has 0 spiro atoms. The Balaban J connectivity index is 1.90. The Morgan fingerprint density at radius 3 is 2.68 bits per heavy atom. The van der Waals surface area contributed by atoms with Crippen LogP contribution in [0.1, 0.15) is 5.56 Å². The molecule has 0 aliphatic carbocycles. The third kappa shape index (κ3) is 4.66. The van der Waals surface area contributed by atoms with Gasteiger partial charge in [0.1, 0.15) is 18.2 Å². The lowest BCUT2D eigenvalue weighted by Crippen LogP contribution is -2.32.